The number of hydrogen-bond donors (Lipinski definition) is 1. The van der Waals surface area contributed by atoms with Crippen LogP contribution in [0.15, 0.2) is 60.0 Å². The van der Waals surface area contributed by atoms with Crippen LogP contribution in [0.5, 0.6) is 0 Å². The minimum absolute atomic E-state index is 0.0451. The van der Waals surface area contributed by atoms with Crippen molar-refractivity contribution in [1.29, 1.82) is 0 Å². The van der Waals surface area contributed by atoms with E-state index in [1.165, 1.54) is 23.0 Å². The summed E-state index contributed by atoms with van der Waals surface area (Å²) in [5.41, 5.74) is 0.427. The van der Waals surface area contributed by atoms with E-state index in [1.807, 2.05) is 0 Å². The number of halogens is 3. The molecule has 0 fully saturated rings. The fourth-order valence-corrected chi connectivity index (χ4v) is 3.15. The molecule has 1 N–H and O–H groups in total. The molecule has 0 aromatic carbocycles. The molecule has 4 rings (SSSR count). The summed E-state index contributed by atoms with van der Waals surface area (Å²) < 4.78 is 39.9. The summed E-state index contributed by atoms with van der Waals surface area (Å²) in [4.78, 5) is 29.5. The van der Waals surface area contributed by atoms with Crippen LogP contribution in [0.1, 0.15) is 12.6 Å². The number of aromatic nitrogens is 5. The standard InChI is InChI=1S/C21H16F3N5O2/c1-12(30)10-29-11-27-19-15(20(29)31)7-16(28-18(19)14-3-2-6-25-8-14)13-4-5-17(26-9-13)21(22,23)24/h2-9,11-12,30H,10H2,1H3/t12-/m0/s1. The number of fused-ring (bicyclic) bond motifs is 1. The lowest BCUT2D eigenvalue weighted by atomic mass is 10.1. The minimum atomic E-state index is -4.56. The summed E-state index contributed by atoms with van der Waals surface area (Å²) in [7, 11) is 0. The molecule has 1 atom stereocenters. The first-order valence-corrected chi connectivity index (χ1v) is 9.26. The minimum Gasteiger partial charge on any atom is -0.392 e. The van der Waals surface area contributed by atoms with Crippen LogP contribution in [0.4, 0.5) is 13.2 Å². The van der Waals surface area contributed by atoms with Gasteiger partial charge in [-0.05, 0) is 37.3 Å². The fourth-order valence-electron chi connectivity index (χ4n) is 3.15. The molecule has 0 radical (unpaired) electrons. The molecule has 0 saturated carbocycles. The van der Waals surface area contributed by atoms with Gasteiger partial charge >= 0.3 is 6.18 Å². The molecule has 0 unspecified atom stereocenters. The van der Waals surface area contributed by atoms with Gasteiger partial charge in [0.15, 0.2) is 0 Å². The molecule has 0 aliphatic carbocycles. The molecule has 0 amide bonds. The molecule has 0 saturated heterocycles. The molecule has 0 aliphatic heterocycles. The van der Waals surface area contributed by atoms with Crippen molar-refractivity contribution in [2.45, 2.75) is 25.7 Å². The van der Waals surface area contributed by atoms with Crippen molar-refractivity contribution < 1.29 is 18.3 Å². The predicted molar refractivity (Wildman–Crippen MR) is 107 cm³/mol. The third-order valence-corrected chi connectivity index (χ3v) is 4.56. The van der Waals surface area contributed by atoms with Crippen molar-refractivity contribution in [3.05, 3.63) is 71.3 Å². The van der Waals surface area contributed by atoms with Crippen molar-refractivity contribution >= 4 is 10.9 Å². The fraction of sp³-hybridized carbons (Fsp3) is 0.190. The Bertz CT molecular complexity index is 1290. The van der Waals surface area contributed by atoms with Crippen LogP contribution in [0.3, 0.4) is 0 Å². The highest BCUT2D eigenvalue weighted by molar-refractivity contribution is 5.93. The van der Waals surface area contributed by atoms with Gasteiger partial charge in [-0.15, -0.1) is 0 Å². The molecule has 10 heteroatoms. The first-order valence-electron chi connectivity index (χ1n) is 9.26. The lowest BCUT2D eigenvalue weighted by molar-refractivity contribution is -0.141. The number of aliphatic hydroxyl groups is 1. The molecule has 0 aliphatic rings. The Morgan fingerprint density at radius 2 is 1.94 bits per heavy atom. The van der Waals surface area contributed by atoms with E-state index in [1.54, 1.807) is 31.5 Å². The second kappa shape index (κ2) is 7.88. The molecule has 4 heterocycles. The summed E-state index contributed by atoms with van der Waals surface area (Å²) in [6.07, 6.45) is 0.204. The van der Waals surface area contributed by atoms with Crippen LogP contribution in [0, 0.1) is 0 Å². The summed E-state index contributed by atoms with van der Waals surface area (Å²) in [6, 6.07) is 7.02. The van der Waals surface area contributed by atoms with E-state index >= 15 is 0 Å². The van der Waals surface area contributed by atoms with Gasteiger partial charge in [-0.1, -0.05) is 0 Å². The van der Waals surface area contributed by atoms with Crippen molar-refractivity contribution in [3.63, 3.8) is 0 Å². The summed E-state index contributed by atoms with van der Waals surface area (Å²) in [5.74, 6) is 0. The Hall–Kier alpha value is -3.66. The lowest BCUT2D eigenvalue weighted by Crippen LogP contribution is -2.25. The Kier molecular flexibility index (Phi) is 5.24. The molecular formula is C21H16F3N5O2. The molecule has 158 valence electrons. The topological polar surface area (TPSA) is 93.8 Å². The highest BCUT2D eigenvalue weighted by atomic mass is 19.4. The molecular weight excluding hydrogens is 411 g/mol. The van der Waals surface area contributed by atoms with Gasteiger partial charge in [-0.25, -0.2) is 9.97 Å². The van der Waals surface area contributed by atoms with Gasteiger partial charge in [0.05, 0.1) is 35.8 Å². The predicted octanol–water partition coefficient (Wildman–Crippen LogP) is 3.32. The normalized spacial score (nSPS) is 12.8. The maximum atomic E-state index is 13.0. The first-order chi connectivity index (χ1) is 14.7. The number of aliphatic hydroxyl groups excluding tert-OH is 1. The van der Waals surface area contributed by atoms with Crippen LogP contribution < -0.4 is 5.56 Å². The monoisotopic (exact) mass is 427 g/mol. The Morgan fingerprint density at radius 3 is 2.55 bits per heavy atom. The van der Waals surface area contributed by atoms with E-state index in [0.29, 0.717) is 22.3 Å². The maximum Gasteiger partial charge on any atom is 0.433 e. The van der Waals surface area contributed by atoms with Crippen molar-refractivity contribution in [2.24, 2.45) is 0 Å². The van der Waals surface area contributed by atoms with E-state index in [-0.39, 0.29) is 17.6 Å². The zero-order chi connectivity index (χ0) is 22.2. The SMILES string of the molecule is C[C@H](O)Cn1cnc2c(-c3cccnc3)nc(-c3ccc(C(F)(F)F)nc3)cc2c1=O. The van der Waals surface area contributed by atoms with E-state index in [4.69, 9.17) is 0 Å². The quantitative estimate of drug-likeness (QED) is 0.537. The van der Waals surface area contributed by atoms with Crippen LogP contribution >= 0.6 is 0 Å². The molecule has 7 nitrogen and oxygen atoms in total. The molecule has 0 bridgehead atoms. The Balaban J connectivity index is 1.95. The first kappa shape index (κ1) is 20.6. The van der Waals surface area contributed by atoms with Gasteiger partial charge in [-0.3, -0.25) is 19.3 Å². The van der Waals surface area contributed by atoms with Crippen LogP contribution in [-0.4, -0.2) is 35.7 Å². The third kappa shape index (κ3) is 4.15. The summed E-state index contributed by atoms with van der Waals surface area (Å²) in [5, 5.41) is 9.87. The Labute approximate surface area is 173 Å². The second-order valence-corrected chi connectivity index (χ2v) is 6.97. The van der Waals surface area contributed by atoms with E-state index in [9.17, 15) is 23.1 Å². The highest BCUT2D eigenvalue weighted by Crippen LogP contribution is 2.31. The van der Waals surface area contributed by atoms with Gasteiger partial charge in [0.2, 0.25) is 0 Å². The van der Waals surface area contributed by atoms with E-state index in [2.05, 4.69) is 19.9 Å². The van der Waals surface area contributed by atoms with Crippen LogP contribution in [0.2, 0.25) is 0 Å². The summed E-state index contributed by atoms with van der Waals surface area (Å²) in [6.45, 7) is 1.59. The number of hydrogen-bond acceptors (Lipinski definition) is 6. The lowest BCUT2D eigenvalue weighted by Gasteiger charge is -2.12. The molecule has 31 heavy (non-hydrogen) atoms. The van der Waals surface area contributed by atoms with Crippen molar-refractivity contribution in [1.82, 2.24) is 24.5 Å². The number of rotatable bonds is 4. The largest absolute Gasteiger partial charge is 0.433 e. The van der Waals surface area contributed by atoms with Gasteiger partial charge in [0.1, 0.15) is 11.2 Å². The van der Waals surface area contributed by atoms with Gasteiger partial charge in [-0.2, -0.15) is 13.2 Å². The van der Waals surface area contributed by atoms with Crippen molar-refractivity contribution in [2.75, 3.05) is 0 Å². The second-order valence-electron chi connectivity index (χ2n) is 6.97. The molecule has 0 spiro atoms. The summed E-state index contributed by atoms with van der Waals surface area (Å²) >= 11 is 0. The zero-order valence-corrected chi connectivity index (χ0v) is 16.2. The molecule has 4 aromatic rings. The van der Waals surface area contributed by atoms with Gasteiger partial charge in [0, 0.05) is 29.7 Å². The maximum absolute atomic E-state index is 13.0. The number of pyridine rings is 3. The zero-order valence-electron chi connectivity index (χ0n) is 16.2. The van der Waals surface area contributed by atoms with Crippen LogP contribution in [-0.2, 0) is 12.7 Å². The Morgan fingerprint density at radius 1 is 1.13 bits per heavy atom. The highest BCUT2D eigenvalue weighted by Gasteiger charge is 2.32. The van der Waals surface area contributed by atoms with E-state index < -0.39 is 23.5 Å². The smallest absolute Gasteiger partial charge is 0.392 e. The molecule has 4 aromatic heterocycles. The number of nitrogens with zero attached hydrogens (tertiary/aromatic N) is 5. The van der Waals surface area contributed by atoms with E-state index in [0.717, 1.165) is 12.3 Å². The third-order valence-electron chi connectivity index (χ3n) is 4.56. The van der Waals surface area contributed by atoms with Crippen LogP contribution in [0.25, 0.3) is 33.4 Å². The van der Waals surface area contributed by atoms with Crippen molar-refractivity contribution in [3.8, 4) is 22.5 Å². The number of alkyl halides is 3. The van der Waals surface area contributed by atoms with Gasteiger partial charge < -0.3 is 5.11 Å². The average molecular weight is 427 g/mol. The average Bonchev–Trinajstić information content (AvgIpc) is 2.75. The van der Waals surface area contributed by atoms with Gasteiger partial charge in [0.25, 0.3) is 5.56 Å².